The minimum atomic E-state index is 0.245. The van der Waals surface area contributed by atoms with Crippen molar-refractivity contribution in [1.82, 2.24) is 10.7 Å². The number of aliphatic imine (C=N–C) groups is 1. The van der Waals surface area contributed by atoms with E-state index in [-0.39, 0.29) is 4.75 Å². The van der Waals surface area contributed by atoms with E-state index >= 15 is 0 Å². The van der Waals surface area contributed by atoms with E-state index in [9.17, 15) is 0 Å². The van der Waals surface area contributed by atoms with Gasteiger partial charge in [0, 0.05) is 11.3 Å². The highest BCUT2D eigenvalue weighted by atomic mass is 32.2. The smallest absolute Gasteiger partial charge is 0.205 e. The van der Waals surface area contributed by atoms with Crippen LogP contribution in [0.2, 0.25) is 0 Å². The van der Waals surface area contributed by atoms with Crippen molar-refractivity contribution in [1.29, 1.82) is 0 Å². The molecular weight excluding hydrogens is 232 g/mol. The number of thioether (sulfide) groups is 1. The molecule has 0 aromatic heterocycles. The largest absolute Gasteiger partial charge is 0.355 e. The normalized spacial score (nSPS) is 12.6. The number of nitrogens with one attached hydrogen (secondary N) is 2. The maximum Gasteiger partial charge on any atom is 0.205 e. The van der Waals surface area contributed by atoms with Crippen molar-refractivity contribution < 1.29 is 0 Å². The number of hydrazine groups is 1. The zero-order valence-corrected chi connectivity index (χ0v) is 12.5. The van der Waals surface area contributed by atoms with Crippen LogP contribution in [0.15, 0.2) is 4.99 Å². The summed E-state index contributed by atoms with van der Waals surface area (Å²) in [6.45, 7) is 8.33. The standard InChI is InChI=1S/C12H28N4S/c1-5-8-9-14-11(16-13)15-10-12(6-2,7-3)17-4/h5-10,13H2,1-4H3,(H2,14,15,16). The monoisotopic (exact) mass is 260 g/mol. The van der Waals surface area contributed by atoms with Gasteiger partial charge in [0.2, 0.25) is 5.96 Å². The molecule has 0 spiro atoms. The van der Waals surface area contributed by atoms with Crippen LogP contribution in [0.4, 0.5) is 0 Å². The molecule has 0 saturated heterocycles. The fourth-order valence-electron chi connectivity index (χ4n) is 1.59. The SMILES string of the molecule is CCCCNC(=NCC(CC)(CC)SC)NN. The average Bonchev–Trinajstić information content (AvgIpc) is 2.38. The Bertz CT molecular complexity index is 206. The van der Waals surface area contributed by atoms with Crippen LogP contribution >= 0.6 is 11.8 Å². The second-order valence-corrected chi connectivity index (χ2v) is 5.46. The van der Waals surface area contributed by atoms with E-state index in [2.05, 4.69) is 42.8 Å². The number of hydrogen-bond donors (Lipinski definition) is 3. The quantitative estimate of drug-likeness (QED) is 0.206. The molecule has 0 unspecified atom stereocenters. The van der Waals surface area contributed by atoms with Crippen molar-refractivity contribution in [2.75, 3.05) is 19.3 Å². The Morgan fingerprint density at radius 1 is 1.29 bits per heavy atom. The van der Waals surface area contributed by atoms with E-state index in [1.54, 1.807) is 0 Å². The first kappa shape index (κ1) is 16.6. The molecule has 0 bridgehead atoms. The fourth-order valence-corrected chi connectivity index (χ4v) is 2.36. The van der Waals surface area contributed by atoms with Gasteiger partial charge in [-0.2, -0.15) is 11.8 Å². The van der Waals surface area contributed by atoms with Gasteiger partial charge < -0.3 is 5.32 Å². The maximum absolute atomic E-state index is 5.46. The van der Waals surface area contributed by atoms with Gasteiger partial charge in [-0.05, 0) is 25.5 Å². The third-order valence-corrected chi connectivity index (χ3v) is 4.78. The first-order chi connectivity index (χ1) is 8.17. The van der Waals surface area contributed by atoms with Gasteiger partial charge in [0.1, 0.15) is 0 Å². The predicted octanol–water partition coefficient (Wildman–Crippen LogP) is 2.12. The molecule has 0 amide bonds. The van der Waals surface area contributed by atoms with E-state index in [0.717, 1.165) is 32.4 Å². The number of guanidine groups is 1. The van der Waals surface area contributed by atoms with E-state index < -0.39 is 0 Å². The highest BCUT2D eigenvalue weighted by Crippen LogP contribution is 2.30. The van der Waals surface area contributed by atoms with E-state index in [1.807, 2.05) is 11.8 Å². The molecule has 0 heterocycles. The van der Waals surface area contributed by atoms with Crippen molar-refractivity contribution in [2.24, 2.45) is 10.8 Å². The van der Waals surface area contributed by atoms with Gasteiger partial charge in [-0.3, -0.25) is 10.4 Å². The molecule has 0 fully saturated rings. The highest BCUT2D eigenvalue weighted by molar-refractivity contribution is 8.00. The Kier molecular flexibility index (Phi) is 9.36. The zero-order chi connectivity index (χ0) is 13.1. The molecule has 4 nitrogen and oxygen atoms in total. The number of hydrogen-bond acceptors (Lipinski definition) is 3. The van der Waals surface area contributed by atoms with Crippen LogP contribution < -0.4 is 16.6 Å². The molecule has 0 saturated carbocycles. The predicted molar refractivity (Wildman–Crippen MR) is 79.4 cm³/mol. The lowest BCUT2D eigenvalue weighted by atomic mass is 10.0. The molecule has 4 N–H and O–H groups in total. The Balaban J connectivity index is 4.31. The van der Waals surface area contributed by atoms with Crippen LogP contribution in [-0.2, 0) is 0 Å². The molecule has 0 aliphatic carbocycles. The Labute approximate surface area is 110 Å². The number of unbranched alkanes of at least 4 members (excludes halogenated alkanes) is 1. The van der Waals surface area contributed by atoms with Crippen molar-refractivity contribution >= 4 is 17.7 Å². The molecule has 0 aliphatic heterocycles. The van der Waals surface area contributed by atoms with E-state index in [0.29, 0.717) is 5.96 Å². The zero-order valence-electron chi connectivity index (χ0n) is 11.7. The molecule has 102 valence electrons. The first-order valence-electron chi connectivity index (χ1n) is 6.48. The molecule has 5 heteroatoms. The summed E-state index contributed by atoms with van der Waals surface area (Å²) in [5.74, 6) is 6.17. The maximum atomic E-state index is 5.46. The Morgan fingerprint density at radius 3 is 2.35 bits per heavy atom. The van der Waals surface area contributed by atoms with Crippen LogP contribution in [-0.4, -0.2) is 30.1 Å². The molecular formula is C12H28N4S. The van der Waals surface area contributed by atoms with Gasteiger partial charge in [-0.25, -0.2) is 5.84 Å². The lowest BCUT2D eigenvalue weighted by Crippen LogP contribution is -2.43. The van der Waals surface area contributed by atoms with Gasteiger partial charge in [-0.1, -0.05) is 27.2 Å². The topological polar surface area (TPSA) is 62.4 Å². The van der Waals surface area contributed by atoms with Gasteiger partial charge >= 0.3 is 0 Å². The minimum Gasteiger partial charge on any atom is -0.355 e. The molecule has 17 heavy (non-hydrogen) atoms. The summed E-state index contributed by atoms with van der Waals surface area (Å²) in [4.78, 5) is 4.55. The number of nitrogens with two attached hydrogens (primary N) is 1. The van der Waals surface area contributed by atoms with Crippen molar-refractivity contribution in [3.05, 3.63) is 0 Å². The van der Waals surface area contributed by atoms with Crippen LogP contribution in [0.1, 0.15) is 46.5 Å². The molecule has 0 radical (unpaired) electrons. The van der Waals surface area contributed by atoms with Crippen LogP contribution in [0, 0.1) is 0 Å². The van der Waals surface area contributed by atoms with Gasteiger partial charge in [0.25, 0.3) is 0 Å². The van der Waals surface area contributed by atoms with Crippen molar-refractivity contribution in [2.45, 2.75) is 51.2 Å². The fraction of sp³-hybridized carbons (Fsp3) is 0.917. The van der Waals surface area contributed by atoms with Crippen LogP contribution in [0.25, 0.3) is 0 Å². The molecule has 0 atom stereocenters. The van der Waals surface area contributed by atoms with Gasteiger partial charge in [0.05, 0.1) is 6.54 Å². The summed E-state index contributed by atoms with van der Waals surface area (Å²) in [5, 5.41) is 3.22. The summed E-state index contributed by atoms with van der Waals surface area (Å²) in [7, 11) is 0. The summed E-state index contributed by atoms with van der Waals surface area (Å²) in [5.41, 5.74) is 2.64. The lowest BCUT2D eigenvalue weighted by Gasteiger charge is -2.27. The number of rotatable bonds is 8. The van der Waals surface area contributed by atoms with Crippen LogP contribution in [0.3, 0.4) is 0 Å². The minimum absolute atomic E-state index is 0.245. The number of nitrogens with zero attached hydrogens (tertiary/aromatic N) is 1. The first-order valence-corrected chi connectivity index (χ1v) is 7.70. The summed E-state index contributed by atoms with van der Waals surface area (Å²) >= 11 is 1.89. The second-order valence-electron chi connectivity index (χ2n) is 4.18. The Morgan fingerprint density at radius 2 is 1.94 bits per heavy atom. The van der Waals surface area contributed by atoms with Gasteiger partial charge in [-0.15, -0.1) is 0 Å². The van der Waals surface area contributed by atoms with Crippen molar-refractivity contribution in [3.8, 4) is 0 Å². The second kappa shape index (κ2) is 9.59. The summed E-state index contributed by atoms with van der Waals surface area (Å²) in [6.07, 6.45) is 6.71. The summed E-state index contributed by atoms with van der Waals surface area (Å²) in [6, 6.07) is 0. The van der Waals surface area contributed by atoms with E-state index in [4.69, 9.17) is 5.84 Å². The third-order valence-electron chi connectivity index (χ3n) is 3.21. The highest BCUT2D eigenvalue weighted by Gasteiger charge is 2.24. The third kappa shape index (κ3) is 6.17. The van der Waals surface area contributed by atoms with E-state index in [1.165, 1.54) is 6.42 Å². The lowest BCUT2D eigenvalue weighted by molar-refractivity contribution is 0.557. The Hall–Kier alpha value is -0.420. The molecule has 0 aromatic carbocycles. The average molecular weight is 260 g/mol. The molecule has 0 aromatic rings. The van der Waals surface area contributed by atoms with Crippen LogP contribution in [0.5, 0.6) is 0 Å². The van der Waals surface area contributed by atoms with Gasteiger partial charge in [0.15, 0.2) is 0 Å². The summed E-state index contributed by atoms with van der Waals surface area (Å²) < 4.78 is 0.245. The molecule has 0 aliphatic rings. The molecule has 0 rings (SSSR count). The van der Waals surface area contributed by atoms with Crippen molar-refractivity contribution in [3.63, 3.8) is 0 Å².